The molecule has 0 saturated carbocycles. The molecule has 0 bridgehead atoms. The number of alkyl halides is 3. The normalized spacial score (nSPS) is 11.8. The van der Waals surface area contributed by atoms with Crippen molar-refractivity contribution in [2.45, 2.75) is 3.79 Å². The van der Waals surface area contributed by atoms with Gasteiger partial charge in [0, 0.05) is 18.0 Å². The van der Waals surface area contributed by atoms with Crippen LogP contribution in [0, 0.1) is 0 Å². The quantitative estimate of drug-likeness (QED) is 0.640. The van der Waals surface area contributed by atoms with Crippen molar-refractivity contribution in [1.82, 2.24) is 4.98 Å². The van der Waals surface area contributed by atoms with E-state index in [0.717, 1.165) is 0 Å². The van der Waals surface area contributed by atoms with E-state index in [2.05, 4.69) is 4.98 Å². The van der Waals surface area contributed by atoms with Gasteiger partial charge in [0.15, 0.2) is 0 Å². The van der Waals surface area contributed by atoms with Gasteiger partial charge in [-0.05, 0) is 0 Å². The Morgan fingerprint density at radius 2 is 1.42 bits per heavy atom. The van der Waals surface area contributed by atoms with Crippen molar-refractivity contribution in [3.05, 3.63) is 28.0 Å². The van der Waals surface area contributed by atoms with Crippen molar-refractivity contribution in [2.75, 3.05) is 0 Å². The lowest BCUT2D eigenvalue weighted by Gasteiger charge is -2.13. The topological polar surface area (TPSA) is 12.9 Å². The average Bonchev–Trinajstić information content (AvgIpc) is 1.82. The monoisotopic (exact) mass is 263 g/mol. The SMILES string of the molecule is Clc1cncc(Cl)c1C(Cl)(Cl)Cl. The van der Waals surface area contributed by atoms with E-state index >= 15 is 0 Å². The van der Waals surface area contributed by atoms with E-state index in [1.165, 1.54) is 12.4 Å². The van der Waals surface area contributed by atoms with E-state index in [4.69, 9.17) is 58.0 Å². The minimum atomic E-state index is -1.61. The summed E-state index contributed by atoms with van der Waals surface area (Å²) in [5, 5.41) is 0.477. The molecular weight excluding hydrogens is 263 g/mol. The summed E-state index contributed by atoms with van der Waals surface area (Å²) in [5.41, 5.74) is 0.255. The molecule has 0 aliphatic heterocycles. The summed E-state index contributed by atoms with van der Waals surface area (Å²) in [5.74, 6) is 0. The van der Waals surface area contributed by atoms with Gasteiger partial charge < -0.3 is 0 Å². The van der Waals surface area contributed by atoms with Crippen LogP contribution in [0.3, 0.4) is 0 Å². The first-order chi connectivity index (χ1) is 5.43. The molecule has 1 aromatic heterocycles. The summed E-state index contributed by atoms with van der Waals surface area (Å²) < 4.78 is -1.61. The highest BCUT2D eigenvalue weighted by molar-refractivity contribution is 6.67. The van der Waals surface area contributed by atoms with E-state index in [1.807, 2.05) is 0 Å². The van der Waals surface area contributed by atoms with Crippen LogP contribution in [0.1, 0.15) is 5.56 Å². The van der Waals surface area contributed by atoms with E-state index in [9.17, 15) is 0 Å². The van der Waals surface area contributed by atoms with Crippen molar-refractivity contribution in [3.63, 3.8) is 0 Å². The standard InChI is InChI=1S/C6H2Cl5N/c7-3-1-12-2-4(8)5(3)6(9,10)11/h1-2H. The molecule has 66 valence electrons. The van der Waals surface area contributed by atoms with Gasteiger partial charge in [0.25, 0.3) is 0 Å². The first-order valence-electron chi connectivity index (χ1n) is 2.79. The highest BCUT2D eigenvalue weighted by Gasteiger charge is 2.28. The van der Waals surface area contributed by atoms with Crippen LogP contribution in [0.4, 0.5) is 0 Å². The van der Waals surface area contributed by atoms with Gasteiger partial charge >= 0.3 is 0 Å². The third-order valence-electron chi connectivity index (χ3n) is 1.14. The van der Waals surface area contributed by atoms with Crippen molar-refractivity contribution in [2.24, 2.45) is 0 Å². The van der Waals surface area contributed by atoms with Crippen LogP contribution in [0.2, 0.25) is 10.0 Å². The first-order valence-corrected chi connectivity index (χ1v) is 4.68. The maximum absolute atomic E-state index is 5.71. The van der Waals surface area contributed by atoms with Gasteiger partial charge in [0.1, 0.15) is 0 Å². The van der Waals surface area contributed by atoms with Crippen molar-refractivity contribution >= 4 is 58.0 Å². The summed E-state index contributed by atoms with van der Waals surface area (Å²) >= 11 is 28.2. The Labute approximate surface area is 94.5 Å². The lowest BCUT2D eigenvalue weighted by atomic mass is 10.3. The number of rotatable bonds is 0. The van der Waals surface area contributed by atoms with Gasteiger partial charge in [-0.15, -0.1) is 0 Å². The highest BCUT2D eigenvalue weighted by atomic mass is 35.6. The Bertz CT molecular complexity index is 272. The molecule has 0 fully saturated rings. The largest absolute Gasteiger partial charge is 0.262 e. The van der Waals surface area contributed by atoms with E-state index in [-0.39, 0.29) is 15.6 Å². The minimum Gasteiger partial charge on any atom is -0.262 e. The molecule has 0 aliphatic carbocycles. The summed E-state index contributed by atoms with van der Waals surface area (Å²) in [7, 11) is 0. The van der Waals surface area contributed by atoms with Gasteiger partial charge in [0.05, 0.1) is 10.0 Å². The second kappa shape index (κ2) is 3.77. The van der Waals surface area contributed by atoms with Crippen LogP contribution in [-0.4, -0.2) is 4.98 Å². The zero-order chi connectivity index (χ0) is 9.35. The van der Waals surface area contributed by atoms with E-state index < -0.39 is 3.79 Å². The van der Waals surface area contributed by atoms with Crippen LogP contribution in [0.15, 0.2) is 12.4 Å². The molecule has 0 aromatic carbocycles. The first kappa shape index (κ1) is 10.7. The molecule has 1 heterocycles. The fourth-order valence-corrected chi connectivity index (χ4v) is 2.23. The van der Waals surface area contributed by atoms with Crippen LogP contribution in [-0.2, 0) is 3.79 Å². The molecule has 0 atom stereocenters. The number of nitrogens with zero attached hydrogens (tertiary/aromatic N) is 1. The Morgan fingerprint density at radius 3 is 1.67 bits per heavy atom. The maximum atomic E-state index is 5.71. The Balaban J connectivity index is 3.31. The van der Waals surface area contributed by atoms with Gasteiger partial charge in [-0.25, -0.2) is 0 Å². The summed E-state index contributed by atoms with van der Waals surface area (Å²) in [6, 6.07) is 0. The van der Waals surface area contributed by atoms with Crippen LogP contribution < -0.4 is 0 Å². The highest BCUT2D eigenvalue weighted by Crippen LogP contribution is 2.44. The number of hydrogen-bond acceptors (Lipinski definition) is 1. The maximum Gasteiger partial charge on any atom is 0.219 e. The lowest BCUT2D eigenvalue weighted by molar-refractivity contribution is 1.19. The molecule has 0 unspecified atom stereocenters. The van der Waals surface area contributed by atoms with Gasteiger partial charge in [-0.3, -0.25) is 4.98 Å². The van der Waals surface area contributed by atoms with Crippen molar-refractivity contribution in [1.29, 1.82) is 0 Å². The van der Waals surface area contributed by atoms with E-state index in [1.54, 1.807) is 0 Å². The molecule has 6 heteroatoms. The molecular formula is C6H2Cl5N. The molecule has 1 aromatic rings. The Morgan fingerprint density at radius 1 is 1.00 bits per heavy atom. The summed E-state index contributed by atoms with van der Waals surface area (Å²) in [4.78, 5) is 3.72. The zero-order valence-electron chi connectivity index (χ0n) is 5.49. The predicted octanol–water partition coefficient (Wildman–Crippen LogP) is 4.22. The lowest BCUT2D eigenvalue weighted by Crippen LogP contribution is -2.02. The average molecular weight is 265 g/mol. The fourth-order valence-electron chi connectivity index (χ4n) is 0.682. The predicted molar refractivity (Wildman–Crippen MR) is 53.5 cm³/mol. The second-order valence-electron chi connectivity index (χ2n) is 1.98. The molecule has 0 radical (unpaired) electrons. The van der Waals surface area contributed by atoms with Crippen LogP contribution in [0.5, 0.6) is 0 Å². The number of aromatic nitrogens is 1. The number of halogens is 5. The van der Waals surface area contributed by atoms with Crippen LogP contribution >= 0.6 is 58.0 Å². The Hall–Kier alpha value is 0.600. The number of pyridine rings is 1. The summed E-state index contributed by atoms with van der Waals surface area (Å²) in [6.07, 6.45) is 2.73. The molecule has 1 rings (SSSR count). The fraction of sp³-hybridized carbons (Fsp3) is 0.167. The van der Waals surface area contributed by atoms with Gasteiger partial charge in [-0.1, -0.05) is 58.0 Å². The molecule has 12 heavy (non-hydrogen) atoms. The zero-order valence-corrected chi connectivity index (χ0v) is 9.27. The van der Waals surface area contributed by atoms with Gasteiger partial charge in [-0.2, -0.15) is 0 Å². The Kier molecular flexibility index (Phi) is 3.35. The minimum absolute atomic E-state index is 0.238. The van der Waals surface area contributed by atoms with Crippen molar-refractivity contribution < 1.29 is 0 Å². The third kappa shape index (κ3) is 2.30. The summed E-state index contributed by atoms with van der Waals surface area (Å²) in [6.45, 7) is 0. The smallest absolute Gasteiger partial charge is 0.219 e. The molecule has 0 saturated heterocycles. The molecule has 1 nitrogen and oxygen atoms in total. The van der Waals surface area contributed by atoms with Crippen LogP contribution in [0.25, 0.3) is 0 Å². The third-order valence-corrected chi connectivity index (χ3v) is 2.28. The molecule has 0 amide bonds. The number of hydrogen-bond donors (Lipinski definition) is 0. The molecule has 0 N–H and O–H groups in total. The van der Waals surface area contributed by atoms with Gasteiger partial charge in [0.2, 0.25) is 3.79 Å². The second-order valence-corrected chi connectivity index (χ2v) is 5.07. The molecule has 0 spiro atoms. The van der Waals surface area contributed by atoms with E-state index in [0.29, 0.717) is 0 Å². The van der Waals surface area contributed by atoms with Crippen molar-refractivity contribution in [3.8, 4) is 0 Å². The molecule has 0 aliphatic rings.